The molecule has 0 spiro atoms. The van der Waals surface area contributed by atoms with Gasteiger partial charge in [-0.3, -0.25) is 14.9 Å². The van der Waals surface area contributed by atoms with Crippen molar-refractivity contribution in [1.29, 1.82) is 0 Å². The summed E-state index contributed by atoms with van der Waals surface area (Å²) in [6.07, 6.45) is -0.747. The second kappa shape index (κ2) is 7.00. The molecule has 2 atom stereocenters. The van der Waals surface area contributed by atoms with Crippen LogP contribution in [0, 0.1) is 10.1 Å². The van der Waals surface area contributed by atoms with Crippen LogP contribution < -0.4 is 11.1 Å². The van der Waals surface area contributed by atoms with Crippen LogP contribution in [0.25, 0.3) is 0 Å². The number of carbonyl (C=O) groups is 1. The van der Waals surface area contributed by atoms with E-state index in [1.807, 2.05) is 0 Å². The number of anilines is 1. The first-order valence-electron chi connectivity index (χ1n) is 6.41. The zero-order valence-corrected chi connectivity index (χ0v) is 12.2. The number of nitrogens with zero attached hydrogens (tertiary/aromatic N) is 2. The maximum Gasteiger partial charge on any atom is 0.292 e. The van der Waals surface area contributed by atoms with E-state index in [2.05, 4.69) is 5.32 Å². The minimum atomic E-state index is -0.747. The highest BCUT2D eigenvalue weighted by atomic mass is 16.6. The number of nitro groups is 1. The smallest absolute Gasteiger partial charge is 0.292 e. The van der Waals surface area contributed by atoms with Crippen molar-refractivity contribution in [2.75, 3.05) is 26.0 Å². The van der Waals surface area contributed by atoms with Gasteiger partial charge >= 0.3 is 0 Å². The first-order chi connectivity index (χ1) is 9.73. The van der Waals surface area contributed by atoms with Crippen LogP contribution >= 0.6 is 0 Å². The Hall–Kier alpha value is -2.19. The van der Waals surface area contributed by atoms with Gasteiger partial charge < -0.3 is 21.1 Å². The number of rotatable bonds is 6. The minimum Gasteiger partial charge on any atom is -0.392 e. The van der Waals surface area contributed by atoms with Gasteiger partial charge in [-0.25, -0.2) is 0 Å². The summed E-state index contributed by atoms with van der Waals surface area (Å²) in [7, 11) is 3.19. The monoisotopic (exact) mass is 296 g/mol. The molecule has 8 heteroatoms. The molecule has 0 bridgehead atoms. The Bertz CT molecular complexity index is 531. The quantitative estimate of drug-likeness (QED) is 0.516. The standard InChI is InChI=1S/C13H20N4O4/c1-8(18)10(14)7-15-11-6-9(13(19)16(2)3)4-5-12(11)17(20)21/h4-6,8,10,15,18H,7,14H2,1-3H3. The SMILES string of the molecule is CC(O)C(N)CNc1cc(C(=O)N(C)C)ccc1[N+](=O)[O-]. The summed E-state index contributed by atoms with van der Waals surface area (Å²) < 4.78 is 0. The van der Waals surface area contributed by atoms with E-state index in [-0.39, 0.29) is 23.8 Å². The van der Waals surface area contributed by atoms with Crippen LogP contribution in [0.15, 0.2) is 18.2 Å². The first kappa shape index (κ1) is 16.9. The van der Waals surface area contributed by atoms with Gasteiger partial charge in [-0.1, -0.05) is 0 Å². The van der Waals surface area contributed by atoms with Crippen molar-refractivity contribution in [3.05, 3.63) is 33.9 Å². The summed E-state index contributed by atoms with van der Waals surface area (Å²) in [6.45, 7) is 1.69. The van der Waals surface area contributed by atoms with E-state index in [9.17, 15) is 20.0 Å². The van der Waals surface area contributed by atoms with Crippen molar-refractivity contribution in [3.8, 4) is 0 Å². The number of carbonyl (C=O) groups excluding carboxylic acids is 1. The number of amides is 1. The topological polar surface area (TPSA) is 122 Å². The number of nitro benzene ring substituents is 1. The number of nitrogens with one attached hydrogen (secondary N) is 1. The maximum absolute atomic E-state index is 11.9. The van der Waals surface area contributed by atoms with Gasteiger partial charge in [-0.2, -0.15) is 0 Å². The number of aliphatic hydroxyl groups is 1. The predicted molar refractivity (Wildman–Crippen MR) is 79.3 cm³/mol. The van der Waals surface area contributed by atoms with Crippen molar-refractivity contribution < 1.29 is 14.8 Å². The van der Waals surface area contributed by atoms with E-state index >= 15 is 0 Å². The fraction of sp³-hybridized carbons (Fsp3) is 0.462. The lowest BCUT2D eigenvalue weighted by Crippen LogP contribution is -2.38. The molecule has 0 fully saturated rings. The van der Waals surface area contributed by atoms with Crippen molar-refractivity contribution in [1.82, 2.24) is 4.90 Å². The second-order valence-electron chi connectivity index (χ2n) is 4.97. The van der Waals surface area contributed by atoms with Crippen LogP contribution in [0.5, 0.6) is 0 Å². The molecular formula is C13H20N4O4. The molecular weight excluding hydrogens is 276 g/mol. The molecule has 1 rings (SSSR count). The highest BCUT2D eigenvalue weighted by Gasteiger charge is 2.19. The Balaban J connectivity index is 3.04. The van der Waals surface area contributed by atoms with Crippen LogP contribution in [0.3, 0.4) is 0 Å². The normalized spacial score (nSPS) is 13.4. The van der Waals surface area contributed by atoms with Gasteiger partial charge in [0.25, 0.3) is 11.6 Å². The molecule has 4 N–H and O–H groups in total. The van der Waals surface area contributed by atoms with Crippen LogP contribution in [0.4, 0.5) is 11.4 Å². The van der Waals surface area contributed by atoms with E-state index in [4.69, 9.17) is 5.73 Å². The summed E-state index contributed by atoms with van der Waals surface area (Å²) in [4.78, 5) is 23.7. The lowest BCUT2D eigenvalue weighted by Gasteiger charge is -2.17. The third-order valence-electron chi connectivity index (χ3n) is 2.99. The van der Waals surface area contributed by atoms with Crippen LogP contribution in [-0.2, 0) is 0 Å². The number of aliphatic hydroxyl groups excluding tert-OH is 1. The van der Waals surface area contributed by atoms with E-state index < -0.39 is 17.1 Å². The van der Waals surface area contributed by atoms with Gasteiger partial charge in [0.2, 0.25) is 0 Å². The van der Waals surface area contributed by atoms with Gasteiger partial charge in [0.05, 0.1) is 11.0 Å². The van der Waals surface area contributed by atoms with Gasteiger partial charge in [0.15, 0.2) is 0 Å². The van der Waals surface area contributed by atoms with Crippen molar-refractivity contribution in [3.63, 3.8) is 0 Å². The summed E-state index contributed by atoms with van der Waals surface area (Å²) >= 11 is 0. The lowest BCUT2D eigenvalue weighted by molar-refractivity contribution is -0.384. The molecule has 0 aliphatic carbocycles. The van der Waals surface area contributed by atoms with Gasteiger partial charge in [0.1, 0.15) is 5.69 Å². The molecule has 0 saturated carbocycles. The summed E-state index contributed by atoms with van der Waals surface area (Å²) in [5, 5.41) is 23.2. The molecule has 0 saturated heterocycles. The zero-order chi connectivity index (χ0) is 16.2. The molecule has 0 heterocycles. The largest absolute Gasteiger partial charge is 0.392 e. The highest BCUT2D eigenvalue weighted by molar-refractivity contribution is 5.95. The average Bonchev–Trinajstić information content (AvgIpc) is 2.42. The van der Waals surface area contributed by atoms with Crippen LogP contribution in [0.1, 0.15) is 17.3 Å². The van der Waals surface area contributed by atoms with Crippen molar-refractivity contribution in [2.24, 2.45) is 5.73 Å². The molecule has 0 aromatic heterocycles. The third kappa shape index (κ3) is 4.40. The summed E-state index contributed by atoms with van der Waals surface area (Å²) in [5.41, 5.74) is 6.06. The molecule has 21 heavy (non-hydrogen) atoms. The third-order valence-corrected chi connectivity index (χ3v) is 2.99. The minimum absolute atomic E-state index is 0.150. The molecule has 8 nitrogen and oxygen atoms in total. The highest BCUT2D eigenvalue weighted by Crippen LogP contribution is 2.26. The number of benzene rings is 1. The number of nitrogens with two attached hydrogens (primary N) is 1. The molecule has 0 aliphatic rings. The zero-order valence-electron chi connectivity index (χ0n) is 12.2. The molecule has 1 amide bonds. The van der Waals surface area contributed by atoms with E-state index in [1.165, 1.54) is 30.0 Å². The Morgan fingerprint density at radius 2 is 2.14 bits per heavy atom. The Labute approximate surface area is 122 Å². The molecule has 116 valence electrons. The van der Waals surface area contributed by atoms with Gasteiger partial charge in [-0.05, 0) is 19.1 Å². The van der Waals surface area contributed by atoms with Gasteiger partial charge in [0, 0.05) is 38.3 Å². The van der Waals surface area contributed by atoms with Crippen LogP contribution in [-0.4, -0.2) is 53.6 Å². The average molecular weight is 296 g/mol. The molecule has 0 aliphatic heterocycles. The number of hydrogen-bond acceptors (Lipinski definition) is 6. The van der Waals surface area contributed by atoms with Crippen molar-refractivity contribution in [2.45, 2.75) is 19.1 Å². The van der Waals surface area contributed by atoms with Crippen LogP contribution in [0.2, 0.25) is 0 Å². The Morgan fingerprint density at radius 1 is 1.52 bits per heavy atom. The summed E-state index contributed by atoms with van der Waals surface area (Å²) in [6, 6.07) is 3.51. The Kier molecular flexibility index (Phi) is 5.62. The second-order valence-corrected chi connectivity index (χ2v) is 4.97. The summed E-state index contributed by atoms with van der Waals surface area (Å²) in [5.74, 6) is -0.257. The fourth-order valence-electron chi connectivity index (χ4n) is 1.63. The van der Waals surface area contributed by atoms with Gasteiger partial charge in [-0.15, -0.1) is 0 Å². The van der Waals surface area contributed by atoms with E-state index in [0.29, 0.717) is 5.56 Å². The van der Waals surface area contributed by atoms with E-state index in [1.54, 1.807) is 14.1 Å². The predicted octanol–water partition coefficient (Wildman–Crippen LogP) is 0.417. The molecule has 1 aromatic carbocycles. The fourth-order valence-corrected chi connectivity index (χ4v) is 1.63. The Morgan fingerprint density at radius 3 is 2.62 bits per heavy atom. The molecule has 2 unspecified atom stereocenters. The maximum atomic E-state index is 11.9. The molecule has 0 radical (unpaired) electrons. The first-order valence-corrected chi connectivity index (χ1v) is 6.41. The van der Waals surface area contributed by atoms with E-state index in [0.717, 1.165) is 0 Å². The number of hydrogen-bond donors (Lipinski definition) is 3. The van der Waals surface area contributed by atoms with Crippen molar-refractivity contribution >= 4 is 17.3 Å². The lowest BCUT2D eigenvalue weighted by atomic mass is 10.1. The molecule has 1 aromatic rings.